The Kier molecular flexibility index (Phi) is 2.50. The van der Waals surface area contributed by atoms with Crippen LogP contribution in [0, 0.1) is 0 Å². The molecule has 17 heavy (non-hydrogen) atoms. The van der Waals surface area contributed by atoms with Gasteiger partial charge >= 0.3 is 11.8 Å². The summed E-state index contributed by atoms with van der Waals surface area (Å²) in [6.45, 7) is 10.7. The summed E-state index contributed by atoms with van der Waals surface area (Å²) in [5, 5.41) is 21.2. The van der Waals surface area contributed by atoms with Gasteiger partial charge in [0, 0.05) is 0 Å². The number of aliphatic hydroxyl groups excluding tert-OH is 1. The zero-order chi connectivity index (χ0) is 13.1. The number of hydrogen-bond donors (Lipinski definition) is 2. The second-order valence-electron chi connectivity index (χ2n) is 6.37. The van der Waals surface area contributed by atoms with Crippen LogP contribution >= 0.6 is 0 Å². The molecule has 2 rings (SSSR count). The van der Waals surface area contributed by atoms with E-state index in [9.17, 15) is 10.3 Å². The van der Waals surface area contributed by atoms with Gasteiger partial charge in [-0.15, -0.1) is 4.58 Å². The molecule has 98 valence electrons. The lowest BCUT2D eigenvalue weighted by Crippen LogP contribution is -2.72. The fourth-order valence-electron chi connectivity index (χ4n) is 3.49. The first-order valence-corrected chi connectivity index (χ1v) is 6.16. The number of piperidine rings is 1. The Bertz CT molecular complexity index is 356. The van der Waals surface area contributed by atoms with E-state index in [2.05, 4.69) is 0 Å². The molecule has 0 atom stereocenters. The molecule has 2 heterocycles. The van der Waals surface area contributed by atoms with E-state index in [1.54, 1.807) is 0 Å². The molecular formula is C12H23N2O3+. The maximum Gasteiger partial charge on any atom is 0.555 e. The second kappa shape index (κ2) is 3.36. The molecule has 5 heteroatoms. The van der Waals surface area contributed by atoms with Gasteiger partial charge in [0.15, 0.2) is 6.54 Å². The summed E-state index contributed by atoms with van der Waals surface area (Å²) in [6, 6.07) is 0. The molecule has 0 amide bonds. The molecule has 0 saturated carbocycles. The molecule has 0 aromatic heterocycles. The van der Waals surface area contributed by atoms with E-state index in [0.29, 0.717) is 19.4 Å². The maximum absolute atomic E-state index is 10.2. The third kappa shape index (κ3) is 1.64. The Labute approximate surface area is 102 Å². The quantitative estimate of drug-likeness (QED) is 0.688. The standard InChI is InChI=1S/C12H22N2O3/c1-6-13-9(15)17-12(13)7-10(2,3)14(16)11(4,5)8-12/h16H,6-8H2,1-5H3/p+1. The van der Waals surface area contributed by atoms with E-state index in [1.165, 1.54) is 5.06 Å². The normalized spacial score (nSPS) is 30.0. The van der Waals surface area contributed by atoms with Crippen molar-refractivity contribution in [3.8, 4) is 0 Å². The molecule has 5 nitrogen and oxygen atoms in total. The van der Waals surface area contributed by atoms with Crippen molar-refractivity contribution < 1.29 is 19.6 Å². The maximum atomic E-state index is 10.2. The highest BCUT2D eigenvalue weighted by molar-refractivity contribution is 5.62. The predicted octanol–water partition coefficient (Wildman–Crippen LogP) is 1.70. The van der Waals surface area contributed by atoms with Gasteiger partial charge in [-0.2, -0.15) is 5.06 Å². The summed E-state index contributed by atoms with van der Waals surface area (Å²) in [5.41, 5.74) is -1.23. The topological polar surface area (TPSA) is 55.9 Å². The third-order valence-corrected chi connectivity index (χ3v) is 3.88. The Morgan fingerprint density at radius 3 is 2.06 bits per heavy atom. The molecule has 1 fully saturated rings. The van der Waals surface area contributed by atoms with Gasteiger partial charge in [0.25, 0.3) is 0 Å². The molecule has 0 aromatic rings. The van der Waals surface area contributed by atoms with Crippen molar-refractivity contribution in [3.63, 3.8) is 0 Å². The molecule has 1 spiro atoms. The van der Waals surface area contributed by atoms with E-state index >= 15 is 0 Å². The summed E-state index contributed by atoms with van der Waals surface area (Å²) >= 11 is 0. The first-order chi connectivity index (χ1) is 7.65. The summed E-state index contributed by atoms with van der Waals surface area (Å²) in [7, 11) is 0. The van der Waals surface area contributed by atoms with E-state index in [1.807, 2.05) is 39.2 Å². The van der Waals surface area contributed by atoms with Crippen LogP contribution in [-0.4, -0.2) is 49.4 Å². The number of aliphatic hydroxyl groups is 1. The Balaban J connectivity index is 2.36. The fraction of sp³-hybridized carbons (Fsp3) is 0.917. The van der Waals surface area contributed by atoms with Gasteiger partial charge in [-0.25, -0.2) is 0 Å². The number of rotatable bonds is 1. The lowest BCUT2D eigenvalue weighted by molar-refractivity contribution is -0.727. The highest BCUT2D eigenvalue weighted by atomic mass is 16.7. The zero-order valence-corrected chi connectivity index (χ0v) is 11.3. The van der Waals surface area contributed by atoms with E-state index < -0.39 is 5.72 Å². The molecule has 0 aliphatic carbocycles. The van der Waals surface area contributed by atoms with Crippen LogP contribution < -0.4 is 0 Å². The minimum Gasteiger partial charge on any atom is -0.430 e. The van der Waals surface area contributed by atoms with Crippen molar-refractivity contribution in [1.29, 1.82) is 0 Å². The van der Waals surface area contributed by atoms with Crippen LogP contribution in [0.15, 0.2) is 0 Å². The molecule has 2 aliphatic heterocycles. The Hall–Kier alpha value is -0.810. The lowest BCUT2D eigenvalue weighted by Gasteiger charge is -2.54. The third-order valence-electron chi connectivity index (χ3n) is 3.88. The molecule has 0 bridgehead atoms. The van der Waals surface area contributed by atoms with Crippen LogP contribution in [0.3, 0.4) is 0 Å². The van der Waals surface area contributed by atoms with E-state index in [-0.39, 0.29) is 17.2 Å². The molecule has 2 N–H and O–H groups in total. The van der Waals surface area contributed by atoms with E-state index in [0.717, 1.165) is 0 Å². The minimum absolute atomic E-state index is 0.00508. The van der Waals surface area contributed by atoms with Crippen molar-refractivity contribution in [3.05, 3.63) is 0 Å². The zero-order valence-electron chi connectivity index (χ0n) is 11.3. The monoisotopic (exact) mass is 243 g/mol. The van der Waals surface area contributed by atoms with Crippen LogP contribution in [0.4, 0.5) is 0 Å². The molecular weight excluding hydrogens is 220 g/mol. The second-order valence-corrected chi connectivity index (χ2v) is 6.37. The lowest BCUT2D eigenvalue weighted by atomic mass is 9.75. The number of nitrogens with zero attached hydrogens (tertiary/aromatic N) is 2. The van der Waals surface area contributed by atoms with Crippen LogP contribution in [0.2, 0.25) is 0 Å². The highest BCUT2D eigenvalue weighted by Crippen LogP contribution is 2.47. The summed E-state index contributed by atoms with van der Waals surface area (Å²) in [5.74, 6) is 0. The van der Waals surface area contributed by atoms with Crippen molar-refractivity contribution in [2.45, 2.75) is 64.3 Å². The van der Waals surface area contributed by atoms with Crippen LogP contribution in [0.5, 0.6) is 0 Å². The summed E-state index contributed by atoms with van der Waals surface area (Å²) in [4.78, 5) is 0. The molecule has 0 radical (unpaired) electrons. The van der Waals surface area contributed by atoms with Crippen molar-refractivity contribution >= 4 is 6.08 Å². The average molecular weight is 243 g/mol. The van der Waals surface area contributed by atoms with Gasteiger partial charge in [0.05, 0.1) is 23.9 Å². The van der Waals surface area contributed by atoms with Crippen molar-refractivity contribution in [2.24, 2.45) is 0 Å². The van der Waals surface area contributed by atoms with Gasteiger partial charge in [-0.1, -0.05) is 0 Å². The molecule has 2 aliphatic rings. The van der Waals surface area contributed by atoms with Crippen molar-refractivity contribution in [1.82, 2.24) is 5.06 Å². The highest BCUT2D eigenvalue weighted by Gasteiger charge is 2.66. The van der Waals surface area contributed by atoms with Gasteiger partial charge in [-0.05, 0) is 34.6 Å². The van der Waals surface area contributed by atoms with E-state index in [4.69, 9.17) is 4.74 Å². The SMILES string of the molecule is CC[N+]1=C(O)OC12CC(C)(C)N(O)C(C)(C)C2. The largest absolute Gasteiger partial charge is 0.555 e. The number of hydroxylamine groups is 2. The first-order valence-electron chi connectivity index (χ1n) is 6.16. The predicted molar refractivity (Wildman–Crippen MR) is 63.3 cm³/mol. The number of ether oxygens (including phenoxy) is 1. The summed E-state index contributed by atoms with van der Waals surface area (Å²) in [6.07, 6.45) is 1.33. The van der Waals surface area contributed by atoms with Crippen LogP contribution in [0.1, 0.15) is 47.5 Å². The first kappa shape index (κ1) is 12.6. The van der Waals surface area contributed by atoms with Gasteiger partial charge < -0.3 is 15.1 Å². The molecule has 0 aromatic carbocycles. The average Bonchev–Trinajstić information content (AvgIpc) is 2.13. The molecule has 1 saturated heterocycles. The fourth-order valence-corrected chi connectivity index (χ4v) is 3.49. The van der Waals surface area contributed by atoms with Gasteiger partial charge in [-0.3, -0.25) is 0 Å². The smallest absolute Gasteiger partial charge is 0.430 e. The van der Waals surface area contributed by atoms with Gasteiger partial charge in [0.2, 0.25) is 0 Å². The van der Waals surface area contributed by atoms with Crippen LogP contribution in [-0.2, 0) is 4.74 Å². The minimum atomic E-state index is -0.467. The van der Waals surface area contributed by atoms with Crippen LogP contribution in [0.25, 0.3) is 0 Å². The Morgan fingerprint density at radius 1 is 1.24 bits per heavy atom. The Morgan fingerprint density at radius 2 is 1.71 bits per heavy atom. The van der Waals surface area contributed by atoms with Gasteiger partial charge in [0.1, 0.15) is 0 Å². The molecule has 0 unspecified atom stereocenters. The van der Waals surface area contributed by atoms with Crippen molar-refractivity contribution in [2.75, 3.05) is 6.54 Å². The summed E-state index contributed by atoms with van der Waals surface area (Å²) < 4.78 is 7.43. The number of hydrogen-bond acceptors (Lipinski definition) is 3.